The fourth-order valence-electron chi connectivity index (χ4n) is 3.08. The van der Waals surface area contributed by atoms with Gasteiger partial charge >= 0.3 is 23.9 Å². The highest BCUT2D eigenvalue weighted by Gasteiger charge is 2.24. The van der Waals surface area contributed by atoms with Gasteiger partial charge in [0.1, 0.15) is 11.5 Å². The molecule has 2 aromatic carbocycles. The number of carboxylic acid groups (broad SMARTS) is 4. The molecule has 2 aromatic rings. The Morgan fingerprint density at radius 3 is 1.21 bits per heavy atom. The summed E-state index contributed by atoms with van der Waals surface area (Å²) in [4.78, 5) is 44.1. The highest BCUT2D eigenvalue weighted by atomic mass is 16.5. The van der Waals surface area contributed by atoms with Gasteiger partial charge < -0.3 is 29.9 Å². The van der Waals surface area contributed by atoms with E-state index in [1.165, 1.54) is 24.3 Å². The molecule has 0 aliphatic rings. The summed E-state index contributed by atoms with van der Waals surface area (Å²) >= 11 is 0. The first-order chi connectivity index (χ1) is 15.7. The van der Waals surface area contributed by atoms with E-state index in [1.807, 2.05) is 0 Å². The van der Waals surface area contributed by atoms with Crippen LogP contribution >= 0.6 is 0 Å². The van der Waals surface area contributed by atoms with E-state index in [2.05, 4.69) is 0 Å². The van der Waals surface area contributed by atoms with E-state index in [9.17, 15) is 29.4 Å². The van der Waals surface area contributed by atoms with Gasteiger partial charge in [0, 0.05) is 6.42 Å². The second-order valence-electron chi connectivity index (χ2n) is 7.17. The number of benzene rings is 2. The Labute approximate surface area is 189 Å². The summed E-state index contributed by atoms with van der Waals surface area (Å²) in [7, 11) is 0. The second kappa shape index (κ2) is 12.1. The maximum atomic E-state index is 11.2. The summed E-state index contributed by atoms with van der Waals surface area (Å²) < 4.78 is 11.1. The number of carboxylic acids is 4. The van der Waals surface area contributed by atoms with Gasteiger partial charge in [-0.3, -0.25) is 19.2 Å². The highest BCUT2D eigenvalue weighted by molar-refractivity contribution is 5.83. The number of hydrogen-bond acceptors (Lipinski definition) is 6. The van der Waals surface area contributed by atoms with Crippen molar-refractivity contribution in [1.82, 2.24) is 0 Å². The average molecular weight is 460 g/mol. The Morgan fingerprint density at radius 1 is 0.606 bits per heavy atom. The Bertz CT molecular complexity index is 886. The Balaban J connectivity index is 1.79. The lowest BCUT2D eigenvalue weighted by Crippen LogP contribution is -2.15. The van der Waals surface area contributed by atoms with Crippen LogP contribution in [0.15, 0.2) is 48.5 Å². The Hall–Kier alpha value is -4.08. The van der Waals surface area contributed by atoms with Gasteiger partial charge in [0.2, 0.25) is 0 Å². The van der Waals surface area contributed by atoms with Gasteiger partial charge in [0.25, 0.3) is 0 Å². The van der Waals surface area contributed by atoms with Crippen LogP contribution in [0.2, 0.25) is 0 Å². The lowest BCUT2D eigenvalue weighted by atomic mass is 9.96. The quantitative estimate of drug-likeness (QED) is 0.308. The van der Waals surface area contributed by atoms with Gasteiger partial charge in [0.15, 0.2) is 0 Å². The van der Waals surface area contributed by atoms with Crippen LogP contribution in [0.1, 0.15) is 42.2 Å². The number of aliphatic carboxylic acids is 4. The summed E-state index contributed by atoms with van der Waals surface area (Å²) in [6.45, 7) is 0.628. The van der Waals surface area contributed by atoms with Crippen molar-refractivity contribution in [3.8, 4) is 11.5 Å². The molecule has 0 radical (unpaired) electrons. The lowest BCUT2D eigenvalue weighted by molar-refractivity contribution is -0.145. The smallest absolute Gasteiger partial charge is 0.311 e. The van der Waals surface area contributed by atoms with E-state index in [-0.39, 0.29) is 0 Å². The minimum Gasteiger partial charge on any atom is -0.493 e. The molecule has 176 valence electrons. The van der Waals surface area contributed by atoms with E-state index in [4.69, 9.17) is 19.7 Å². The zero-order valence-corrected chi connectivity index (χ0v) is 17.5. The van der Waals surface area contributed by atoms with Gasteiger partial charge in [-0.2, -0.15) is 0 Å². The van der Waals surface area contributed by atoms with Crippen LogP contribution in [0.3, 0.4) is 0 Å². The third-order valence-electron chi connectivity index (χ3n) is 4.74. The van der Waals surface area contributed by atoms with Crippen LogP contribution in [0.4, 0.5) is 0 Å². The molecule has 10 heteroatoms. The summed E-state index contributed by atoms with van der Waals surface area (Å²) in [5, 5.41) is 36.1. The molecule has 0 fully saturated rings. The third-order valence-corrected chi connectivity index (χ3v) is 4.74. The van der Waals surface area contributed by atoms with Crippen LogP contribution in [0.25, 0.3) is 0 Å². The molecule has 0 amide bonds. The van der Waals surface area contributed by atoms with Crippen molar-refractivity contribution in [3.63, 3.8) is 0 Å². The molecule has 0 saturated carbocycles. The van der Waals surface area contributed by atoms with Crippen molar-refractivity contribution in [2.24, 2.45) is 0 Å². The van der Waals surface area contributed by atoms with Gasteiger partial charge in [-0.1, -0.05) is 24.3 Å². The molecule has 0 bridgehead atoms. The predicted molar refractivity (Wildman–Crippen MR) is 114 cm³/mol. The van der Waals surface area contributed by atoms with Crippen molar-refractivity contribution in [2.75, 3.05) is 13.2 Å². The maximum Gasteiger partial charge on any atom is 0.311 e. The minimum absolute atomic E-state index is 0.314. The van der Waals surface area contributed by atoms with E-state index >= 15 is 0 Å². The van der Waals surface area contributed by atoms with E-state index in [0.29, 0.717) is 42.3 Å². The van der Waals surface area contributed by atoms with Crippen LogP contribution in [-0.2, 0) is 19.2 Å². The van der Waals surface area contributed by atoms with Crippen molar-refractivity contribution in [3.05, 3.63) is 59.7 Å². The van der Waals surface area contributed by atoms with Crippen LogP contribution < -0.4 is 9.47 Å². The van der Waals surface area contributed by atoms with Crippen molar-refractivity contribution in [1.29, 1.82) is 0 Å². The van der Waals surface area contributed by atoms with Crippen LogP contribution in [0.5, 0.6) is 11.5 Å². The number of carbonyl (C=O) groups is 4. The molecule has 10 nitrogen and oxygen atoms in total. The maximum absolute atomic E-state index is 11.2. The topological polar surface area (TPSA) is 168 Å². The van der Waals surface area contributed by atoms with E-state index in [0.717, 1.165) is 0 Å². The number of hydrogen-bond donors (Lipinski definition) is 4. The normalized spacial score (nSPS) is 12.4. The number of rotatable bonds is 14. The molecule has 0 aromatic heterocycles. The molecule has 0 spiro atoms. The zero-order chi connectivity index (χ0) is 24.4. The lowest BCUT2D eigenvalue weighted by Gasteiger charge is -2.13. The van der Waals surface area contributed by atoms with Gasteiger partial charge in [-0.15, -0.1) is 0 Å². The Kier molecular flexibility index (Phi) is 9.22. The zero-order valence-electron chi connectivity index (χ0n) is 17.5. The number of ether oxygens (including phenoxy) is 2. The standard InChI is InChI=1S/C23H24O10/c24-20(25)12-18(22(28)29)14-2-6-16(7-3-14)32-10-1-11-33-17-8-4-15(5-9-17)19(23(30)31)13-21(26)27/h2-9,18-19H,1,10-13H2,(H,24,25)(H,26,27)(H,28,29)(H,30,31)/t18-,19-/m1/s1. The molecule has 0 heterocycles. The highest BCUT2D eigenvalue weighted by Crippen LogP contribution is 2.24. The first-order valence-corrected chi connectivity index (χ1v) is 10.0. The first-order valence-electron chi connectivity index (χ1n) is 10.0. The molecular weight excluding hydrogens is 436 g/mol. The fraction of sp³-hybridized carbons (Fsp3) is 0.304. The summed E-state index contributed by atoms with van der Waals surface area (Å²) in [5.41, 5.74) is 0.745. The monoisotopic (exact) mass is 460 g/mol. The summed E-state index contributed by atoms with van der Waals surface area (Å²) in [6, 6.07) is 12.4. The molecule has 2 atom stereocenters. The van der Waals surface area contributed by atoms with Crippen LogP contribution in [-0.4, -0.2) is 57.5 Å². The molecule has 0 aliphatic heterocycles. The molecule has 2 rings (SSSR count). The second-order valence-corrected chi connectivity index (χ2v) is 7.17. The molecule has 4 N–H and O–H groups in total. The fourth-order valence-corrected chi connectivity index (χ4v) is 3.08. The minimum atomic E-state index is -1.21. The molecule has 0 saturated heterocycles. The average Bonchev–Trinajstić information content (AvgIpc) is 2.76. The van der Waals surface area contributed by atoms with Crippen LogP contribution in [0, 0.1) is 0 Å². The van der Waals surface area contributed by atoms with Crippen molar-refractivity contribution >= 4 is 23.9 Å². The molecular formula is C23H24O10. The first kappa shape index (κ1) is 25.2. The molecule has 33 heavy (non-hydrogen) atoms. The predicted octanol–water partition coefficient (Wildman–Crippen LogP) is 2.82. The van der Waals surface area contributed by atoms with Crippen molar-refractivity contribution < 1.29 is 49.1 Å². The largest absolute Gasteiger partial charge is 0.493 e. The third kappa shape index (κ3) is 8.17. The summed E-state index contributed by atoms with van der Waals surface area (Å²) in [6.07, 6.45) is -0.494. The SMILES string of the molecule is O=C(O)C[C@@H](C(=O)O)c1ccc(OCCCOc2ccc([C@@H](CC(=O)O)C(=O)O)cc2)cc1. The van der Waals surface area contributed by atoms with Gasteiger partial charge in [-0.25, -0.2) is 0 Å². The van der Waals surface area contributed by atoms with Crippen molar-refractivity contribution in [2.45, 2.75) is 31.1 Å². The Morgan fingerprint density at radius 2 is 0.939 bits per heavy atom. The molecule has 0 aliphatic carbocycles. The molecule has 0 unspecified atom stereocenters. The van der Waals surface area contributed by atoms with Gasteiger partial charge in [-0.05, 0) is 35.4 Å². The van der Waals surface area contributed by atoms with E-state index < -0.39 is 48.6 Å². The van der Waals surface area contributed by atoms with E-state index in [1.54, 1.807) is 24.3 Å². The van der Waals surface area contributed by atoms with Gasteiger partial charge in [0.05, 0.1) is 37.9 Å². The summed E-state index contributed by atoms with van der Waals surface area (Å²) in [5.74, 6) is -6.08.